The third-order valence-electron chi connectivity index (χ3n) is 2.56. The van der Waals surface area contributed by atoms with E-state index in [1.807, 2.05) is 19.0 Å². The number of aromatic nitrogens is 2. The van der Waals surface area contributed by atoms with Crippen molar-refractivity contribution in [2.24, 2.45) is 5.73 Å². The number of hydrogen-bond donors (Lipinski definition) is 3. The third-order valence-corrected chi connectivity index (χ3v) is 2.56. The van der Waals surface area contributed by atoms with Crippen molar-refractivity contribution in [1.29, 1.82) is 0 Å². The number of imidazole rings is 1. The summed E-state index contributed by atoms with van der Waals surface area (Å²) in [5.74, 6) is -0.175. The highest BCUT2D eigenvalue weighted by atomic mass is 16.5. The molecule has 108 valence electrons. The van der Waals surface area contributed by atoms with Crippen molar-refractivity contribution in [3.8, 4) is 0 Å². The van der Waals surface area contributed by atoms with Crippen LogP contribution in [-0.4, -0.2) is 67.2 Å². The zero-order chi connectivity index (χ0) is 14.1. The van der Waals surface area contributed by atoms with Crippen molar-refractivity contribution in [3.05, 3.63) is 18.2 Å². The summed E-state index contributed by atoms with van der Waals surface area (Å²) < 4.78 is 5.37. The summed E-state index contributed by atoms with van der Waals surface area (Å²) in [5, 5.41) is 2.75. The van der Waals surface area contributed by atoms with Gasteiger partial charge in [-0.15, -0.1) is 0 Å². The Morgan fingerprint density at radius 3 is 3.00 bits per heavy atom. The molecule has 4 N–H and O–H groups in total. The minimum absolute atomic E-state index is 0.175. The molecule has 0 aliphatic rings. The smallest absolute Gasteiger partial charge is 0.237 e. The Morgan fingerprint density at radius 1 is 1.58 bits per heavy atom. The SMILES string of the molecule is CN(C)CCOCCNC(=O)C(N)Cc1cnc[nH]1. The van der Waals surface area contributed by atoms with Gasteiger partial charge in [0.05, 0.1) is 25.6 Å². The highest BCUT2D eigenvalue weighted by molar-refractivity contribution is 5.81. The van der Waals surface area contributed by atoms with Gasteiger partial charge < -0.3 is 25.7 Å². The number of nitrogens with one attached hydrogen (secondary N) is 2. The zero-order valence-corrected chi connectivity index (χ0v) is 11.6. The summed E-state index contributed by atoms with van der Waals surface area (Å²) in [5.41, 5.74) is 6.63. The predicted octanol–water partition coefficient (Wildman–Crippen LogP) is -1.03. The molecule has 0 aliphatic heterocycles. The van der Waals surface area contributed by atoms with Crippen LogP contribution in [0.15, 0.2) is 12.5 Å². The number of hydrogen-bond acceptors (Lipinski definition) is 5. The number of H-pyrrole nitrogens is 1. The Hall–Kier alpha value is -1.44. The van der Waals surface area contributed by atoms with Crippen LogP contribution in [-0.2, 0) is 16.0 Å². The standard InChI is InChI=1S/C12H23N5O2/c1-17(2)4-6-19-5-3-15-12(18)11(13)7-10-8-14-9-16-10/h8-9,11H,3-7,13H2,1-2H3,(H,14,16)(H,15,18). The second-order valence-electron chi connectivity index (χ2n) is 4.59. The Kier molecular flexibility index (Phi) is 7.09. The van der Waals surface area contributed by atoms with Gasteiger partial charge in [-0.2, -0.15) is 0 Å². The van der Waals surface area contributed by atoms with Crippen molar-refractivity contribution in [3.63, 3.8) is 0 Å². The molecule has 19 heavy (non-hydrogen) atoms. The monoisotopic (exact) mass is 269 g/mol. The van der Waals surface area contributed by atoms with Crippen LogP contribution in [0.5, 0.6) is 0 Å². The molecule has 0 bridgehead atoms. The first-order valence-corrected chi connectivity index (χ1v) is 6.32. The Bertz CT molecular complexity index is 353. The number of nitrogens with two attached hydrogens (primary N) is 1. The normalized spacial score (nSPS) is 12.6. The van der Waals surface area contributed by atoms with E-state index >= 15 is 0 Å². The maximum absolute atomic E-state index is 11.7. The van der Waals surface area contributed by atoms with E-state index in [0.29, 0.717) is 26.2 Å². The maximum Gasteiger partial charge on any atom is 0.237 e. The molecule has 0 aliphatic carbocycles. The molecule has 1 unspecified atom stereocenters. The largest absolute Gasteiger partial charge is 0.378 e. The second kappa shape index (κ2) is 8.63. The van der Waals surface area contributed by atoms with E-state index in [0.717, 1.165) is 12.2 Å². The fourth-order valence-electron chi connectivity index (χ4n) is 1.45. The topological polar surface area (TPSA) is 96.3 Å². The lowest BCUT2D eigenvalue weighted by atomic mass is 10.1. The molecular weight excluding hydrogens is 246 g/mol. The molecule has 0 saturated carbocycles. The minimum Gasteiger partial charge on any atom is -0.378 e. The van der Waals surface area contributed by atoms with Gasteiger partial charge in [0.2, 0.25) is 5.91 Å². The van der Waals surface area contributed by atoms with Gasteiger partial charge >= 0.3 is 0 Å². The predicted molar refractivity (Wildman–Crippen MR) is 72.6 cm³/mol. The van der Waals surface area contributed by atoms with Crippen LogP contribution in [0.3, 0.4) is 0 Å². The van der Waals surface area contributed by atoms with Gasteiger partial charge in [-0.3, -0.25) is 4.79 Å². The van der Waals surface area contributed by atoms with Gasteiger partial charge in [0.15, 0.2) is 0 Å². The summed E-state index contributed by atoms with van der Waals surface area (Å²) in [6, 6.07) is -0.567. The van der Waals surface area contributed by atoms with Gasteiger partial charge in [-0.25, -0.2) is 4.98 Å². The highest BCUT2D eigenvalue weighted by Gasteiger charge is 2.13. The van der Waals surface area contributed by atoms with E-state index in [1.54, 1.807) is 12.5 Å². The van der Waals surface area contributed by atoms with E-state index in [1.165, 1.54) is 0 Å². The number of carbonyl (C=O) groups excluding carboxylic acids is 1. The van der Waals surface area contributed by atoms with Crippen molar-refractivity contribution in [2.45, 2.75) is 12.5 Å². The molecule has 1 heterocycles. The first-order chi connectivity index (χ1) is 9.09. The van der Waals surface area contributed by atoms with Crippen molar-refractivity contribution >= 4 is 5.91 Å². The summed E-state index contributed by atoms with van der Waals surface area (Å²) in [6.45, 7) is 2.50. The van der Waals surface area contributed by atoms with E-state index < -0.39 is 6.04 Å². The number of likely N-dealkylation sites (N-methyl/N-ethyl adjacent to an activating group) is 1. The molecule has 0 saturated heterocycles. The van der Waals surface area contributed by atoms with Gasteiger partial charge in [0, 0.05) is 31.4 Å². The number of rotatable bonds is 9. The Labute approximate surface area is 113 Å². The van der Waals surface area contributed by atoms with Gasteiger partial charge in [0.1, 0.15) is 0 Å². The molecule has 1 aromatic heterocycles. The Morgan fingerprint density at radius 2 is 2.37 bits per heavy atom. The number of carbonyl (C=O) groups is 1. The van der Waals surface area contributed by atoms with E-state index in [4.69, 9.17) is 10.5 Å². The molecule has 0 radical (unpaired) electrons. The average molecular weight is 269 g/mol. The second-order valence-corrected chi connectivity index (χ2v) is 4.59. The fourth-order valence-corrected chi connectivity index (χ4v) is 1.45. The first kappa shape index (κ1) is 15.6. The Balaban J connectivity index is 2.07. The lowest BCUT2D eigenvalue weighted by Crippen LogP contribution is -2.43. The third kappa shape index (κ3) is 6.90. The molecule has 0 spiro atoms. The molecule has 1 rings (SSSR count). The van der Waals surface area contributed by atoms with Gasteiger partial charge in [-0.1, -0.05) is 0 Å². The lowest BCUT2D eigenvalue weighted by Gasteiger charge is -2.12. The molecular formula is C12H23N5O2. The van der Waals surface area contributed by atoms with Crippen LogP contribution < -0.4 is 11.1 Å². The van der Waals surface area contributed by atoms with Crippen LogP contribution in [0.25, 0.3) is 0 Å². The van der Waals surface area contributed by atoms with Crippen molar-refractivity contribution in [2.75, 3.05) is 40.4 Å². The summed E-state index contributed by atoms with van der Waals surface area (Å²) in [6.07, 6.45) is 3.68. The lowest BCUT2D eigenvalue weighted by molar-refractivity contribution is -0.122. The first-order valence-electron chi connectivity index (χ1n) is 6.32. The van der Waals surface area contributed by atoms with Crippen LogP contribution in [0.1, 0.15) is 5.69 Å². The quantitative estimate of drug-likeness (QED) is 0.498. The van der Waals surface area contributed by atoms with Crippen molar-refractivity contribution in [1.82, 2.24) is 20.2 Å². The highest BCUT2D eigenvalue weighted by Crippen LogP contribution is 1.96. The average Bonchev–Trinajstić information content (AvgIpc) is 2.85. The van der Waals surface area contributed by atoms with Crippen LogP contribution in [0.2, 0.25) is 0 Å². The molecule has 1 atom stereocenters. The molecule has 7 heteroatoms. The van der Waals surface area contributed by atoms with Gasteiger partial charge in [0.25, 0.3) is 0 Å². The van der Waals surface area contributed by atoms with Crippen LogP contribution in [0.4, 0.5) is 0 Å². The van der Waals surface area contributed by atoms with Crippen LogP contribution >= 0.6 is 0 Å². The summed E-state index contributed by atoms with van der Waals surface area (Å²) >= 11 is 0. The number of aromatic amines is 1. The van der Waals surface area contributed by atoms with Crippen molar-refractivity contribution < 1.29 is 9.53 Å². The molecule has 0 aromatic carbocycles. The molecule has 7 nitrogen and oxygen atoms in total. The summed E-state index contributed by atoms with van der Waals surface area (Å²) in [4.78, 5) is 20.5. The van der Waals surface area contributed by atoms with Gasteiger partial charge in [-0.05, 0) is 14.1 Å². The molecule has 1 aromatic rings. The van der Waals surface area contributed by atoms with E-state index in [-0.39, 0.29) is 5.91 Å². The molecule has 0 fully saturated rings. The maximum atomic E-state index is 11.7. The van der Waals surface area contributed by atoms with E-state index in [2.05, 4.69) is 15.3 Å². The zero-order valence-electron chi connectivity index (χ0n) is 11.6. The number of nitrogens with zero attached hydrogens (tertiary/aromatic N) is 2. The number of amides is 1. The fraction of sp³-hybridized carbons (Fsp3) is 0.667. The van der Waals surface area contributed by atoms with E-state index in [9.17, 15) is 4.79 Å². The minimum atomic E-state index is -0.567. The number of ether oxygens (including phenoxy) is 1. The summed E-state index contributed by atoms with van der Waals surface area (Å²) in [7, 11) is 3.97. The van der Waals surface area contributed by atoms with Crippen LogP contribution in [0, 0.1) is 0 Å². The molecule has 1 amide bonds.